The minimum atomic E-state index is 0.803. The fourth-order valence-electron chi connectivity index (χ4n) is 7.48. The molecule has 0 aliphatic heterocycles. The molecule has 2 aromatic heterocycles. The molecule has 3 nitrogen and oxygen atoms in total. The highest BCUT2D eigenvalue weighted by molar-refractivity contribution is 6.09. The lowest BCUT2D eigenvalue weighted by Gasteiger charge is -2.26. The molecule has 0 spiro atoms. The number of anilines is 3. The van der Waals surface area contributed by atoms with Gasteiger partial charge in [-0.25, -0.2) is 0 Å². The predicted octanol–water partition coefficient (Wildman–Crippen LogP) is 13.7. The third-order valence-corrected chi connectivity index (χ3v) is 9.88. The van der Waals surface area contributed by atoms with Gasteiger partial charge >= 0.3 is 0 Å². The largest absolute Gasteiger partial charge is 0.459 e. The molecule has 9 rings (SSSR count). The Bertz CT molecular complexity index is 2710. The molecule has 0 radical (unpaired) electrons. The summed E-state index contributed by atoms with van der Waals surface area (Å²) < 4.78 is 8.96. The van der Waals surface area contributed by atoms with Crippen LogP contribution in [0.25, 0.3) is 66.4 Å². The first kappa shape index (κ1) is 30.5. The molecule has 0 aliphatic rings. The third-order valence-electron chi connectivity index (χ3n) is 9.88. The third kappa shape index (κ3) is 5.31. The Hall–Kier alpha value is -6.58. The standard InChI is InChI=1S/C48H36N2O/c1-3-4-5-18-41-33(2)51-48-44(41)21-13-24-47(48)49(40-17-12-16-36(32-40)37-26-25-34-14-6-7-15-35(34)31-37)38-27-29-39(30-28-38)50-45-22-10-8-19-42(45)43-20-9-11-23-46(43)50/h3,5-32H,1,4H2,2H3/b18-5-. The average molecular weight is 657 g/mol. The Morgan fingerprint density at radius 2 is 1.27 bits per heavy atom. The second-order valence-corrected chi connectivity index (χ2v) is 13.0. The fraction of sp³-hybridized carbons (Fsp3) is 0.0417. The van der Waals surface area contributed by atoms with Crippen molar-refractivity contribution in [1.29, 1.82) is 0 Å². The van der Waals surface area contributed by atoms with E-state index in [-0.39, 0.29) is 0 Å². The number of rotatable bonds is 8. The second-order valence-electron chi connectivity index (χ2n) is 13.0. The lowest BCUT2D eigenvalue weighted by molar-refractivity contribution is 0.578. The molecular formula is C48H36N2O. The maximum atomic E-state index is 6.60. The number of hydrogen-bond donors (Lipinski definition) is 0. The maximum absolute atomic E-state index is 6.60. The molecular weight excluding hydrogens is 621 g/mol. The summed E-state index contributed by atoms with van der Waals surface area (Å²) in [6.07, 6.45) is 7.00. The lowest BCUT2D eigenvalue weighted by atomic mass is 10.0. The van der Waals surface area contributed by atoms with Crippen molar-refractivity contribution in [2.75, 3.05) is 4.90 Å². The van der Waals surface area contributed by atoms with Gasteiger partial charge < -0.3 is 13.9 Å². The van der Waals surface area contributed by atoms with Gasteiger partial charge in [0.2, 0.25) is 0 Å². The monoisotopic (exact) mass is 656 g/mol. The van der Waals surface area contributed by atoms with Gasteiger partial charge in [-0.05, 0) is 95.9 Å². The van der Waals surface area contributed by atoms with E-state index in [0.29, 0.717) is 0 Å². The van der Waals surface area contributed by atoms with Gasteiger partial charge in [0.05, 0.1) is 16.7 Å². The molecule has 0 unspecified atom stereocenters. The predicted molar refractivity (Wildman–Crippen MR) is 217 cm³/mol. The molecule has 244 valence electrons. The van der Waals surface area contributed by atoms with E-state index in [1.165, 1.54) is 38.1 Å². The normalized spacial score (nSPS) is 11.7. The van der Waals surface area contributed by atoms with E-state index in [2.05, 4.69) is 186 Å². The van der Waals surface area contributed by atoms with Crippen LogP contribution < -0.4 is 4.90 Å². The number of aryl methyl sites for hydroxylation is 1. The van der Waals surface area contributed by atoms with Gasteiger partial charge in [-0.15, -0.1) is 6.58 Å². The molecule has 0 amide bonds. The number of furan rings is 1. The Kier molecular flexibility index (Phi) is 7.59. The van der Waals surface area contributed by atoms with Crippen molar-refractivity contribution in [2.24, 2.45) is 0 Å². The van der Waals surface area contributed by atoms with Crippen LogP contribution in [-0.4, -0.2) is 4.57 Å². The van der Waals surface area contributed by atoms with Gasteiger partial charge in [0.1, 0.15) is 5.76 Å². The zero-order valence-corrected chi connectivity index (χ0v) is 28.5. The lowest BCUT2D eigenvalue weighted by Crippen LogP contribution is -2.10. The highest BCUT2D eigenvalue weighted by Crippen LogP contribution is 2.43. The molecule has 2 heterocycles. The molecule has 0 fully saturated rings. The van der Waals surface area contributed by atoms with Gasteiger partial charge in [0, 0.05) is 38.8 Å². The van der Waals surface area contributed by atoms with E-state index in [1.54, 1.807) is 0 Å². The first-order valence-corrected chi connectivity index (χ1v) is 17.5. The number of allylic oxidation sites excluding steroid dienone is 2. The summed E-state index contributed by atoms with van der Waals surface area (Å²) in [5.74, 6) is 0.893. The quantitative estimate of drug-likeness (QED) is 0.152. The number of para-hydroxylation sites is 3. The number of hydrogen-bond acceptors (Lipinski definition) is 2. The zero-order valence-electron chi connectivity index (χ0n) is 28.5. The molecule has 0 bridgehead atoms. The van der Waals surface area contributed by atoms with Crippen molar-refractivity contribution in [2.45, 2.75) is 13.3 Å². The van der Waals surface area contributed by atoms with E-state index >= 15 is 0 Å². The maximum Gasteiger partial charge on any atom is 0.158 e. The topological polar surface area (TPSA) is 21.3 Å². The fourth-order valence-corrected chi connectivity index (χ4v) is 7.48. The highest BCUT2D eigenvalue weighted by Gasteiger charge is 2.21. The van der Waals surface area contributed by atoms with Crippen molar-refractivity contribution >= 4 is 66.7 Å². The number of nitrogens with zero attached hydrogens (tertiary/aromatic N) is 2. The van der Waals surface area contributed by atoms with Crippen molar-refractivity contribution in [1.82, 2.24) is 4.57 Å². The van der Waals surface area contributed by atoms with Gasteiger partial charge in [-0.2, -0.15) is 0 Å². The van der Waals surface area contributed by atoms with Crippen LogP contribution in [0.15, 0.2) is 181 Å². The highest BCUT2D eigenvalue weighted by atomic mass is 16.3. The number of aromatic nitrogens is 1. The Balaban J connectivity index is 1.22. The summed E-state index contributed by atoms with van der Waals surface area (Å²) in [5, 5.41) is 6.05. The van der Waals surface area contributed by atoms with E-state index in [0.717, 1.165) is 57.0 Å². The van der Waals surface area contributed by atoms with Crippen LogP contribution in [0.1, 0.15) is 17.7 Å². The van der Waals surface area contributed by atoms with Gasteiger partial charge in [-0.3, -0.25) is 0 Å². The van der Waals surface area contributed by atoms with Gasteiger partial charge in [0.15, 0.2) is 5.58 Å². The van der Waals surface area contributed by atoms with E-state index in [4.69, 9.17) is 4.42 Å². The Labute approximate surface area is 297 Å². The van der Waals surface area contributed by atoms with Gasteiger partial charge in [-0.1, -0.05) is 115 Å². The van der Waals surface area contributed by atoms with Crippen molar-refractivity contribution in [3.8, 4) is 16.8 Å². The molecule has 0 atom stereocenters. The number of fused-ring (bicyclic) bond motifs is 5. The van der Waals surface area contributed by atoms with Crippen molar-refractivity contribution < 1.29 is 4.42 Å². The van der Waals surface area contributed by atoms with Gasteiger partial charge in [0.25, 0.3) is 0 Å². The van der Waals surface area contributed by atoms with E-state index < -0.39 is 0 Å². The molecule has 0 aliphatic carbocycles. The molecule has 51 heavy (non-hydrogen) atoms. The summed E-state index contributed by atoms with van der Waals surface area (Å²) in [4.78, 5) is 2.32. The van der Waals surface area contributed by atoms with E-state index in [1.807, 2.05) is 13.0 Å². The van der Waals surface area contributed by atoms with Crippen LogP contribution in [0.3, 0.4) is 0 Å². The van der Waals surface area contributed by atoms with Crippen molar-refractivity contribution in [3.63, 3.8) is 0 Å². The summed E-state index contributed by atoms with van der Waals surface area (Å²) in [5.41, 5.74) is 10.9. The molecule has 7 aromatic carbocycles. The Morgan fingerprint density at radius 3 is 2.04 bits per heavy atom. The molecule has 3 heteroatoms. The van der Waals surface area contributed by atoms with Crippen LogP contribution in [0, 0.1) is 6.92 Å². The smallest absolute Gasteiger partial charge is 0.158 e. The number of benzene rings is 7. The average Bonchev–Trinajstić information content (AvgIpc) is 3.69. The summed E-state index contributed by atoms with van der Waals surface area (Å²) in [6.45, 7) is 5.93. The first-order valence-electron chi connectivity index (χ1n) is 17.5. The second kappa shape index (κ2) is 12.7. The van der Waals surface area contributed by atoms with Crippen LogP contribution >= 0.6 is 0 Å². The van der Waals surface area contributed by atoms with Crippen LogP contribution in [0.5, 0.6) is 0 Å². The van der Waals surface area contributed by atoms with Crippen LogP contribution in [-0.2, 0) is 0 Å². The Morgan fingerprint density at radius 1 is 0.608 bits per heavy atom. The summed E-state index contributed by atoms with van der Waals surface area (Å²) in [6, 6.07) is 56.6. The zero-order chi connectivity index (χ0) is 34.3. The molecule has 9 aromatic rings. The minimum absolute atomic E-state index is 0.803. The minimum Gasteiger partial charge on any atom is -0.459 e. The molecule has 0 saturated heterocycles. The van der Waals surface area contributed by atoms with Crippen molar-refractivity contribution in [3.05, 3.63) is 188 Å². The SMILES string of the molecule is C=CC/C=C\c1c(C)oc2c(N(c3ccc(-n4c5ccccc5c5ccccc54)cc3)c3cccc(-c4ccc5ccccc5c4)c3)cccc12. The van der Waals surface area contributed by atoms with Crippen LogP contribution in [0.4, 0.5) is 17.1 Å². The first-order chi connectivity index (χ1) is 25.2. The van der Waals surface area contributed by atoms with E-state index in [9.17, 15) is 0 Å². The summed E-state index contributed by atoms with van der Waals surface area (Å²) >= 11 is 0. The molecule has 0 saturated carbocycles. The van der Waals surface area contributed by atoms with Crippen LogP contribution in [0.2, 0.25) is 0 Å². The molecule has 0 N–H and O–H groups in total. The summed E-state index contributed by atoms with van der Waals surface area (Å²) in [7, 11) is 0.